The Morgan fingerprint density at radius 2 is 1.93 bits per heavy atom. The fourth-order valence-electron chi connectivity index (χ4n) is 6.42. The van der Waals surface area contributed by atoms with Crippen molar-refractivity contribution in [3.8, 4) is 0 Å². The second-order valence-electron chi connectivity index (χ2n) is 11.1. The molecule has 1 N–H and O–H groups in total. The first-order valence-electron chi connectivity index (χ1n) is 14.0. The molecule has 2 saturated heterocycles. The number of nitrogens with zero attached hydrogens (tertiary/aromatic N) is 3. The van der Waals surface area contributed by atoms with E-state index in [1.54, 1.807) is 6.20 Å². The fraction of sp³-hybridized carbons (Fsp3) is 0.552. The van der Waals surface area contributed by atoms with Crippen LogP contribution in [0.25, 0.3) is 0 Å². The molecule has 4 heterocycles. The lowest BCUT2D eigenvalue weighted by molar-refractivity contribution is -0.137. The number of halogens is 3. The third-order valence-electron chi connectivity index (χ3n) is 8.53. The number of amides is 2. The number of aryl methyl sites for hydroxylation is 1. The molecule has 4 aliphatic rings. The molecule has 0 saturated carbocycles. The number of benzene rings is 1. The summed E-state index contributed by atoms with van der Waals surface area (Å²) in [6.45, 7) is 2.76. The molecule has 1 aromatic heterocycles. The van der Waals surface area contributed by atoms with E-state index in [1.807, 2.05) is 6.07 Å². The van der Waals surface area contributed by atoms with Gasteiger partial charge < -0.3 is 19.7 Å². The van der Waals surface area contributed by atoms with E-state index in [9.17, 15) is 22.8 Å². The third kappa shape index (κ3) is 5.59. The van der Waals surface area contributed by atoms with Gasteiger partial charge in [-0.15, -0.1) is 0 Å². The van der Waals surface area contributed by atoms with Gasteiger partial charge in [0.05, 0.1) is 29.9 Å². The van der Waals surface area contributed by atoms with Crippen LogP contribution in [0.2, 0.25) is 0 Å². The summed E-state index contributed by atoms with van der Waals surface area (Å²) in [5.74, 6) is -0.902. The fourth-order valence-corrected chi connectivity index (χ4v) is 6.42. The van der Waals surface area contributed by atoms with Crippen molar-refractivity contribution in [2.75, 3.05) is 39.4 Å². The zero-order chi connectivity index (χ0) is 27.9. The van der Waals surface area contributed by atoms with Crippen molar-refractivity contribution in [3.05, 3.63) is 64.5 Å². The molecule has 1 aliphatic carbocycles. The van der Waals surface area contributed by atoms with E-state index in [2.05, 4.69) is 21.3 Å². The van der Waals surface area contributed by atoms with Crippen LogP contribution in [0.1, 0.15) is 58.1 Å². The zero-order valence-corrected chi connectivity index (χ0v) is 22.2. The monoisotopic (exact) mass is 558 g/mol. The topological polar surface area (TPSA) is 84.0 Å². The summed E-state index contributed by atoms with van der Waals surface area (Å²) in [5.41, 5.74) is 1.84. The van der Waals surface area contributed by atoms with Crippen molar-refractivity contribution in [1.29, 1.82) is 0 Å². The molecule has 6 rings (SSSR count). The number of carbonyl (C=O) groups excluding carboxylic acids is 2. The summed E-state index contributed by atoms with van der Waals surface area (Å²) in [5, 5.41) is 3.09. The Kier molecular flexibility index (Phi) is 7.54. The normalized spacial score (nSPS) is 25.6. The van der Waals surface area contributed by atoms with Crippen LogP contribution in [0.4, 0.5) is 13.2 Å². The standard InChI is InChI=1S/C29H33F3N4O4/c30-29(31,32)20-5-3-18-7-11-35(28(38)22(18)14-20)17-26(37)34-23-15-36(21-8-12-39-13-9-21)16-25(23)40-24-6-4-19-2-1-10-33-27(19)24/h1-3,5,10,14,21,23-25H,4,6-9,11-13,15-17H2,(H,34,37)/t23?,24?,25-/m0/s1. The highest BCUT2D eigenvalue weighted by molar-refractivity contribution is 5.99. The SMILES string of the molecule is O=C(CN1CCc2ccc(C(F)(F)F)cc2C1=O)NC1CN(C2CCOCC2)C[C@@H]1OC1CCc2cccnc21. The van der Waals surface area contributed by atoms with Gasteiger partial charge in [-0.3, -0.25) is 19.5 Å². The number of pyridine rings is 1. The predicted octanol–water partition coefficient (Wildman–Crippen LogP) is 3.15. The number of hydrogen-bond donors (Lipinski definition) is 1. The van der Waals surface area contributed by atoms with Crippen LogP contribution in [-0.2, 0) is 33.3 Å². The van der Waals surface area contributed by atoms with Crippen molar-refractivity contribution >= 4 is 11.8 Å². The Morgan fingerprint density at radius 1 is 1.10 bits per heavy atom. The molecule has 40 heavy (non-hydrogen) atoms. The van der Waals surface area contributed by atoms with Gasteiger partial charge in [-0.05, 0) is 61.4 Å². The molecular weight excluding hydrogens is 525 g/mol. The van der Waals surface area contributed by atoms with Crippen LogP contribution in [0.5, 0.6) is 0 Å². The van der Waals surface area contributed by atoms with Crippen molar-refractivity contribution in [3.63, 3.8) is 0 Å². The quantitative estimate of drug-likeness (QED) is 0.587. The number of aromatic nitrogens is 1. The summed E-state index contributed by atoms with van der Waals surface area (Å²) in [4.78, 5) is 34.5. The van der Waals surface area contributed by atoms with Crippen LogP contribution >= 0.6 is 0 Å². The minimum absolute atomic E-state index is 0.00837. The Hall–Kier alpha value is -3.02. The molecule has 214 valence electrons. The summed E-state index contributed by atoms with van der Waals surface area (Å²) in [6, 6.07) is 7.30. The van der Waals surface area contributed by atoms with Crippen molar-refractivity contribution in [2.24, 2.45) is 0 Å². The van der Waals surface area contributed by atoms with E-state index >= 15 is 0 Å². The third-order valence-corrected chi connectivity index (χ3v) is 8.53. The lowest BCUT2D eigenvalue weighted by atomic mass is 9.96. The zero-order valence-electron chi connectivity index (χ0n) is 22.2. The van der Waals surface area contributed by atoms with E-state index in [0.717, 1.165) is 43.5 Å². The molecular formula is C29H33F3N4O4. The number of ether oxygens (including phenoxy) is 2. The van der Waals surface area contributed by atoms with Gasteiger partial charge in [-0.25, -0.2) is 0 Å². The predicted molar refractivity (Wildman–Crippen MR) is 139 cm³/mol. The minimum atomic E-state index is -4.54. The Balaban J connectivity index is 1.14. The van der Waals surface area contributed by atoms with E-state index in [1.165, 1.54) is 16.5 Å². The molecule has 3 aliphatic heterocycles. The van der Waals surface area contributed by atoms with Gasteiger partial charge >= 0.3 is 6.18 Å². The molecule has 2 aromatic rings. The largest absolute Gasteiger partial charge is 0.416 e. The number of likely N-dealkylation sites (tertiary alicyclic amines) is 1. The van der Waals surface area contributed by atoms with Crippen LogP contribution in [-0.4, -0.2) is 84.2 Å². The summed E-state index contributed by atoms with van der Waals surface area (Å²) >= 11 is 0. The first kappa shape index (κ1) is 27.2. The number of rotatable bonds is 6. The molecule has 8 nitrogen and oxygen atoms in total. The minimum Gasteiger partial charge on any atom is -0.381 e. The highest BCUT2D eigenvalue weighted by Gasteiger charge is 2.41. The second-order valence-corrected chi connectivity index (χ2v) is 11.1. The maximum atomic E-state index is 13.2. The van der Waals surface area contributed by atoms with Gasteiger partial charge in [-0.1, -0.05) is 12.1 Å². The Labute approximate surface area is 230 Å². The van der Waals surface area contributed by atoms with Crippen LogP contribution in [0.3, 0.4) is 0 Å². The van der Waals surface area contributed by atoms with Gasteiger partial charge in [0.25, 0.3) is 5.91 Å². The van der Waals surface area contributed by atoms with Gasteiger partial charge in [0, 0.05) is 50.7 Å². The highest BCUT2D eigenvalue weighted by atomic mass is 19.4. The van der Waals surface area contributed by atoms with Crippen LogP contribution in [0.15, 0.2) is 36.5 Å². The summed E-state index contributed by atoms with van der Waals surface area (Å²) in [6.07, 6.45) is 0.804. The van der Waals surface area contributed by atoms with Crippen molar-refractivity contribution < 1.29 is 32.2 Å². The van der Waals surface area contributed by atoms with Crippen molar-refractivity contribution in [2.45, 2.75) is 62.6 Å². The van der Waals surface area contributed by atoms with Crippen LogP contribution in [0, 0.1) is 0 Å². The number of alkyl halides is 3. The van der Waals surface area contributed by atoms with Gasteiger partial charge in [0.1, 0.15) is 6.10 Å². The highest BCUT2D eigenvalue weighted by Crippen LogP contribution is 2.35. The van der Waals surface area contributed by atoms with Gasteiger partial charge in [0.2, 0.25) is 5.91 Å². The second kappa shape index (κ2) is 11.1. The van der Waals surface area contributed by atoms with E-state index in [4.69, 9.17) is 9.47 Å². The Bertz CT molecular complexity index is 1270. The molecule has 0 radical (unpaired) electrons. The molecule has 0 spiro atoms. The average Bonchev–Trinajstić information content (AvgIpc) is 3.54. The average molecular weight is 559 g/mol. The maximum Gasteiger partial charge on any atom is 0.416 e. The lowest BCUT2D eigenvalue weighted by Gasteiger charge is -2.31. The molecule has 1 aromatic carbocycles. The van der Waals surface area contributed by atoms with Gasteiger partial charge in [0.15, 0.2) is 0 Å². The van der Waals surface area contributed by atoms with Gasteiger partial charge in [-0.2, -0.15) is 13.2 Å². The summed E-state index contributed by atoms with van der Waals surface area (Å²) < 4.78 is 51.8. The molecule has 0 bridgehead atoms. The lowest BCUT2D eigenvalue weighted by Crippen LogP contribution is -2.50. The van der Waals surface area contributed by atoms with Crippen molar-refractivity contribution in [1.82, 2.24) is 20.1 Å². The first-order chi connectivity index (χ1) is 19.3. The summed E-state index contributed by atoms with van der Waals surface area (Å²) in [7, 11) is 0. The number of hydrogen-bond acceptors (Lipinski definition) is 6. The van der Waals surface area contributed by atoms with E-state index in [0.29, 0.717) is 44.3 Å². The molecule has 2 unspecified atom stereocenters. The Morgan fingerprint density at radius 3 is 2.73 bits per heavy atom. The molecule has 2 amide bonds. The molecule has 11 heteroatoms. The van der Waals surface area contributed by atoms with E-state index < -0.39 is 17.6 Å². The number of carbonyl (C=O) groups is 2. The number of nitrogens with one attached hydrogen (secondary N) is 1. The van der Waals surface area contributed by atoms with E-state index in [-0.39, 0.29) is 42.8 Å². The molecule has 2 fully saturated rings. The maximum absolute atomic E-state index is 13.2. The van der Waals surface area contributed by atoms with Crippen LogP contribution < -0.4 is 5.32 Å². The number of fused-ring (bicyclic) bond motifs is 2. The molecule has 3 atom stereocenters. The first-order valence-corrected chi connectivity index (χ1v) is 14.0. The smallest absolute Gasteiger partial charge is 0.381 e.